The van der Waals surface area contributed by atoms with Gasteiger partial charge in [-0.3, -0.25) is 4.55 Å². The predicted octanol–water partition coefficient (Wildman–Crippen LogP) is -1.39. The molecule has 0 saturated heterocycles. The molecule has 0 aliphatic rings. The molecule has 0 rings (SSSR count). The van der Waals surface area contributed by atoms with Crippen molar-refractivity contribution in [2.45, 2.75) is 0 Å². The summed E-state index contributed by atoms with van der Waals surface area (Å²) in [6.07, 6.45) is 0. The molecule has 0 fully saturated rings. The Morgan fingerprint density at radius 2 is 1.19 bits per heavy atom. The second kappa shape index (κ2) is 9.94. The molecule has 0 amide bonds. The molecule has 0 heterocycles. The van der Waals surface area contributed by atoms with E-state index in [-0.39, 0.29) is 13.1 Å². The van der Waals surface area contributed by atoms with E-state index in [1.165, 1.54) is 0 Å². The summed E-state index contributed by atoms with van der Waals surface area (Å²) in [6, 6.07) is 0. The summed E-state index contributed by atoms with van der Waals surface area (Å²) in [5.41, 5.74) is 0. The highest BCUT2D eigenvalue weighted by Gasteiger charge is 2.27. The smallest absolute Gasteiger partial charge is 0.266 e. The van der Waals surface area contributed by atoms with Gasteiger partial charge < -0.3 is 5.32 Å². The van der Waals surface area contributed by atoms with Crippen molar-refractivity contribution < 1.29 is 38.2 Å². The number of sulfone groups is 3. The number of rotatable bonds is 14. The van der Waals surface area contributed by atoms with Gasteiger partial charge in [0.05, 0.1) is 28.8 Å². The highest BCUT2D eigenvalue weighted by molar-refractivity contribution is 7.95. The summed E-state index contributed by atoms with van der Waals surface area (Å²) in [6.45, 7) is 5.88. The van der Waals surface area contributed by atoms with Crippen molar-refractivity contribution in [3.05, 3.63) is 24.0 Å². The van der Waals surface area contributed by atoms with E-state index < -0.39 is 74.3 Å². The molecule has 0 aromatic heterocycles. The van der Waals surface area contributed by atoms with Gasteiger partial charge in [-0.25, -0.2) is 25.3 Å². The average molecular weight is 454 g/mol. The van der Waals surface area contributed by atoms with Crippen LogP contribution in [-0.2, 0) is 39.6 Å². The van der Waals surface area contributed by atoms with Gasteiger partial charge in [0.25, 0.3) is 10.1 Å². The van der Waals surface area contributed by atoms with E-state index >= 15 is 0 Å². The lowest BCUT2D eigenvalue weighted by Gasteiger charge is -2.15. The Kier molecular flexibility index (Phi) is 9.63. The maximum atomic E-state index is 12.1. The van der Waals surface area contributed by atoms with Gasteiger partial charge >= 0.3 is 0 Å². The van der Waals surface area contributed by atoms with Crippen LogP contribution in [0.5, 0.6) is 0 Å². The lowest BCUT2D eigenvalue weighted by Crippen LogP contribution is -2.33. The fourth-order valence-corrected chi connectivity index (χ4v) is 6.42. The minimum atomic E-state index is -4.17. The molecule has 0 unspecified atom stereocenters. The molecular weight excluding hydrogens is 430 g/mol. The molecule has 0 aliphatic heterocycles. The van der Waals surface area contributed by atoms with Gasteiger partial charge in [-0.15, -0.1) is 0 Å². The third kappa shape index (κ3) is 12.5. The molecule has 0 saturated carbocycles. The van der Waals surface area contributed by atoms with E-state index in [2.05, 4.69) is 18.5 Å². The highest BCUT2D eigenvalue weighted by atomic mass is 32.2. The van der Waals surface area contributed by atoms with E-state index in [0.29, 0.717) is 10.8 Å². The van der Waals surface area contributed by atoms with Crippen molar-refractivity contribution >= 4 is 39.6 Å². The molecule has 14 heteroatoms. The molecule has 2 N–H and O–H groups in total. The Hall–Kier alpha value is -0.800. The van der Waals surface area contributed by atoms with Crippen molar-refractivity contribution in [3.8, 4) is 0 Å². The molecule has 26 heavy (non-hydrogen) atoms. The Labute approximate surface area is 154 Å². The van der Waals surface area contributed by atoms with Crippen LogP contribution < -0.4 is 5.32 Å². The molecule has 0 radical (unpaired) electrons. The van der Waals surface area contributed by atoms with Crippen molar-refractivity contribution in [1.29, 1.82) is 0 Å². The summed E-state index contributed by atoms with van der Waals surface area (Å²) in [7, 11) is -15.7. The van der Waals surface area contributed by atoms with Gasteiger partial charge in [-0.2, -0.15) is 8.42 Å². The van der Waals surface area contributed by atoms with E-state index in [1.807, 2.05) is 0 Å². The largest absolute Gasteiger partial charge is 0.315 e. The molecule has 0 bridgehead atoms. The molecule has 0 atom stereocenters. The summed E-state index contributed by atoms with van der Waals surface area (Å²) >= 11 is 0. The van der Waals surface area contributed by atoms with Gasteiger partial charge in [0.15, 0.2) is 29.5 Å². The highest BCUT2D eigenvalue weighted by Crippen LogP contribution is 2.12. The lowest BCUT2D eigenvalue weighted by molar-refractivity contribution is 0.481. The Morgan fingerprint density at radius 1 is 0.769 bits per heavy atom. The second-order valence-corrected chi connectivity index (χ2v) is 13.3. The lowest BCUT2D eigenvalue weighted by atomic mass is 10.3. The molecule has 0 aliphatic carbocycles. The van der Waals surface area contributed by atoms with Crippen molar-refractivity contribution in [2.75, 3.05) is 41.9 Å². The van der Waals surface area contributed by atoms with Crippen molar-refractivity contribution in [3.63, 3.8) is 0 Å². The number of nitrogens with one attached hydrogen (secondary N) is 1. The van der Waals surface area contributed by atoms with Crippen LogP contribution >= 0.6 is 0 Å². The average Bonchev–Trinajstić information content (AvgIpc) is 2.44. The van der Waals surface area contributed by atoms with Crippen LogP contribution in [0.4, 0.5) is 0 Å². The molecule has 0 aromatic rings. The van der Waals surface area contributed by atoms with Crippen LogP contribution in [0.2, 0.25) is 0 Å². The maximum absolute atomic E-state index is 12.1. The molecule has 154 valence electrons. The second-order valence-electron chi connectivity index (χ2n) is 5.51. The molecule has 10 nitrogen and oxygen atoms in total. The first-order valence-electron chi connectivity index (χ1n) is 7.18. The van der Waals surface area contributed by atoms with Crippen molar-refractivity contribution in [2.24, 2.45) is 5.92 Å². The van der Waals surface area contributed by atoms with Gasteiger partial charge in [0, 0.05) is 29.8 Å². The molecular formula is C12H23NO9S4. The first-order valence-corrected chi connectivity index (χ1v) is 14.0. The van der Waals surface area contributed by atoms with Crippen molar-refractivity contribution in [1.82, 2.24) is 5.32 Å². The van der Waals surface area contributed by atoms with Crippen LogP contribution in [0.1, 0.15) is 0 Å². The summed E-state index contributed by atoms with van der Waals surface area (Å²) in [5, 5.41) is 3.76. The SMILES string of the molecule is C=CS(=O)(=O)CC(CS(=O)(=O)C=C)CS(=O)(=O)CCNCCS(=O)(=O)O. The quantitative estimate of drug-likeness (QED) is 0.236. The Bertz CT molecular complexity index is 860. The van der Waals surface area contributed by atoms with Gasteiger partial charge in [0.1, 0.15) is 0 Å². The summed E-state index contributed by atoms with van der Waals surface area (Å²) < 4.78 is 100. The number of hydrogen-bond donors (Lipinski definition) is 2. The van der Waals surface area contributed by atoms with E-state index in [4.69, 9.17) is 4.55 Å². The molecule has 0 aromatic carbocycles. The fraction of sp³-hybridized carbons (Fsp3) is 0.667. The summed E-state index contributed by atoms with van der Waals surface area (Å²) in [5.74, 6) is -4.34. The fourth-order valence-electron chi connectivity index (χ4n) is 1.93. The monoisotopic (exact) mass is 453 g/mol. The zero-order chi connectivity index (χ0) is 20.6. The molecule has 0 spiro atoms. The third-order valence-corrected chi connectivity index (χ3v) is 8.47. The standard InChI is InChI=1S/C12H23NO9S4/c1-3-23(14,15)9-12(10-24(16,17)4-2)11-25(18,19)7-5-13-6-8-26(20,21)22/h3-4,12-13H,1-2,5-11H2,(H,20,21,22). The normalized spacial score (nSPS) is 13.6. The topological polar surface area (TPSA) is 169 Å². The van der Waals surface area contributed by atoms with Crippen LogP contribution in [-0.4, -0.2) is 80.1 Å². The van der Waals surface area contributed by atoms with E-state index in [0.717, 1.165) is 0 Å². The predicted molar refractivity (Wildman–Crippen MR) is 99.4 cm³/mol. The minimum Gasteiger partial charge on any atom is -0.315 e. The van der Waals surface area contributed by atoms with Crippen LogP contribution in [0.25, 0.3) is 0 Å². The first kappa shape index (κ1) is 25.2. The van der Waals surface area contributed by atoms with Gasteiger partial charge in [-0.1, -0.05) is 13.2 Å². The zero-order valence-corrected chi connectivity index (χ0v) is 17.2. The minimum absolute atomic E-state index is 0.146. The Balaban J connectivity index is 4.95. The van der Waals surface area contributed by atoms with Gasteiger partial charge in [0.2, 0.25) is 0 Å². The Morgan fingerprint density at radius 3 is 1.58 bits per heavy atom. The first-order chi connectivity index (χ1) is 11.6. The number of hydrogen-bond acceptors (Lipinski definition) is 9. The van der Waals surface area contributed by atoms with E-state index in [1.54, 1.807) is 0 Å². The summed E-state index contributed by atoms with van der Waals surface area (Å²) in [4.78, 5) is 0. The van der Waals surface area contributed by atoms with Crippen LogP contribution in [0.15, 0.2) is 24.0 Å². The maximum Gasteiger partial charge on any atom is 0.266 e. The van der Waals surface area contributed by atoms with Crippen LogP contribution in [0.3, 0.4) is 0 Å². The van der Waals surface area contributed by atoms with E-state index in [9.17, 15) is 33.7 Å². The third-order valence-electron chi connectivity index (χ3n) is 3.06. The van der Waals surface area contributed by atoms with Crippen LogP contribution in [0, 0.1) is 5.92 Å². The zero-order valence-electron chi connectivity index (χ0n) is 13.9. The van der Waals surface area contributed by atoms with Gasteiger partial charge in [-0.05, 0) is 0 Å².